The van der Waals surface area contributed by atoms with Gasteiger partial charge in [0.1, 0.15) is 6.61 Å². The van der Waals surface area contributed by atoms with Crippen LogP contribution in [0.1, 0.15) is 181 Å². The second-order valence-corrected chi connectivity index (χ2v) is 15.8. The molecule has 0 aromatic carbocycles. The molecule has 5 heteroatoms. The van der Waals surface area contributed by atoms with Gasteiger partial charge in [-0.3, -0.25) is 9.59 Å². The number of unbranched alkanes of at least 4 members (excludes halogenated alkanes) is 9. The molecule has 0 bridgehead atoms. The number of rotatable bonds is 43. The summed E-state index contributed by atoms with van der Waals surface area (Å²) in [4.78, 5) is 24.3. The summed E-state index contributed by atoms with van der Waals surface area (Å²) in [5.41, 5.74) is 0. The van der Waals surface area contributed by atoms with Crippen LogP contribution >= 0.6 is 0 Å². The van der Waals surface area contributed by atoms with Crippen LogP contribution in [0.3, 0.4) is 0 Å². The molecule has 0 aliphatic rings. The van der Waals surface area contributed by atoms with Crippen molar-refractivity contribution in [3.63, 3.8) is 0 Å². The molecule has 5 nitrogen and oxygen atoms in total. The molecule has 0 rings (SSSR count). The van der Waals surface area contributed by atoms with Crippen molar-refractivity contribution in [2.75, 3.05) is 13.2 Å². The highest BCUT2D eigenvalue weighted by Crippen LogP contribution is 2.11. The molecule has 0 saturated heterocycles. The highest BCUT2D eigenvalue weighted by molar-refractivity contribution is 5.70. The van der Waals surface area contributed by atoms with E-state index in [0.717, 1.165) is 141 Å². The normalized spacial score (nSPS) is 13.6. The van der Waals surface area contributed by atoms with E-state index in [1.807, 2.05) is 0 Å². The molecule has 1 atom stereocenters. The zero-order valence-electron chi connectivity index (χ0n) is 40.5. The van der Waals surface area contributed by atoms with Gasteiger partial charge in [0.2, 0.25) is 0 Å². The van der Waals surface area contributed by atoms with Gasteiger partial charge in [0, 0.05) is 12.8 Å². The summed E-state index contributed by atoms with van der Waals surface area (Å²) in [6.45, 7) is 3.84. The van der Waals surface area contributed by atoms with Gasteiger partial charge in [0.25, 0.3) is 0 Å². The Morgan fingerprint density at radius 2 is 0.625 bits per heavy atom. The molecular formula is C59H90O5. The zero-order valence-corrected chi connectivity index (χ0v) is 40.5. The highest BCUT2D eigenvalue weighted by Gasteiger charge is 2.16. The lowest BCUT2D eigenvalue weighted by molar-refractivity contribution is -0.161. The molecule has 0 fully saturated rings. The van der Waals surface area contributed by atoms with Crippen LogP contribution in [0.5, 0.6) is 0 Å². The van der Waals surface area contributed by atoms with E-state index in [-0.39, 0.29) is 25.2 Å². The van der Waals surface area contributed by atoms with Gasteiger partial charge in [-0.2, -0.15) is 0 Å². The van der Waals surface area contributed by atoms with Crippen LogP contribution in [0, 0.1) is 0 Å². The molecule has 0 radical (unpaired) electrons. The summed E-state index contributed by atoms with van der Waals surface area (Å²) in [6, 6.07) is 0. The Balaban J connectivity index is 3.68. The van der Waals surface area contributed by atoms with Crippen LogP contribution in [0.25, 0.3) is 0 Å². The summed E-state index contributed by atoms with van der Waals surface area (Å²) in [5, 5.41) is 9.59. The van der Waals surface area contributed by atoms with Crippen LogP contribution in [0.15, 0.2) is 158 Å². The van der Waals surface area contributed by atoms with Gasteiger partial charge < -0.3 is 14.6 Å². The maximum Gasteiger partial charge on any atom is 0.306 e. The van der Waals surface area contributed by atoms with Crippen molar-refractivity contribution >= 4 is 11.9 Å². The van der Waals surface area contributed by atoms with E-state index in [4.69, 9.17) is 9.47 Å². The molecule has 1 N–H and O–H groups in total. The molecule has 64 heavy (non-hydrogen) atoms. The van der Waals surface area contributed by atoms with Crippen molar-refractivity contribution in [1.29, 1.82) is 0 Å². The lowest BCUT2D eigenvalue weighted by Gasteiger charge is -2.15. The number of aliphatic hydroxyl groups is 1. The molecule has 0 aliphatic heterocycles. The van der Waals surface area contributed by atoms with Crippen LogP contribution in [0.2, 0.25) is 0 Å². The zero-order chi connectivity index (χ0) is 46.3. The number of aliphatic hydroxyl groups excluding tert-OH is 1. The molecule has 0 aliphatic carbocycles. The summed E-state index contributed by atoms with van der Waals surface area (Å²) >= 11 is 0. The maximum atomic E-state index is 12.2. The van der Waals surface area contributed by atoms with Gasteiger partial charge in [-0.05, 0) is 122 Å². The van der Waals surface area contributed by atoms with E-state index in [9.17, 15) is 14.7 Å². The fourth-order valence-corrected chi connectivity index (χ4v) is 6.12. The van der Waals surface area contributed by atoms with Crippen molar-refractivity contribution < 1.29 is 24.2 Å². The fraction of sp³-hybridized carbons (Fsp3) is 0.525. The van der Waals surface area contributed by atoms with Gasteiger partial charge in [-0.25, -0.2) is 0 Å². The molecular weight excluding hydrogens is 789 g/mol. The number of hydrogen-bond acceptors (Lipinski definition) is 5. The van der Waals surface area contributed by atoms with Gasteiger partial charge >= 0.3 is 11.9 Å². The molecule has 0 amide bonds. The average Bonchev–Trinajstić information content (AvgIpc) is 3.30. The fourth-order valence-electron chi connectivity index (χ4n) is 6.12. The second-order valence-electron chi connectivity index (χ2n) is 15.8. The lowest BCUT2D eigenvalue weighted by Crippen LogP contribution is -2.28. The minimum Gasteiger partial charge on any atom is -0.462 e. The first-order chi connectivity index (χ1) is 31.6. The van der Waals surface area contributed by atoms with Crippen molar-refractivity contribution in [2.45, 2.75) is 187 Å². The molecule has 0 spiro atoms. The summed E-state index contributed by atoms with van der Waals surface area (Å²) < 4.78 is 10.6. The lowest BCUT2D eigenvalue weighted by atomic mass is 10.1. The molecule has 0 aromatic rings. The molecule has 0 aromatic heterocycles. The predicted molar refractivity (Wildman–Crippen MR) is 278 cm³/mol. The number of carbonyl (C=O) groups excluding carboxylic acids is 2. The van der Waals surface area contributed by atoms with E-state index in [0.29, 0.717) is 12.8 Å². The summed E-state index contributed by atoms with van der Waals surface area (Å²) in [5.74, 6) is -0.658. The first kappa shape index (κ1) is 59.5. The van der Waals surface area contributed by atoms with E-state index < -0.39 is 6.10 Å². The van der Waals surface area contributed by atoms with Gasteiger partial charge in [0.05, 0.1) is 6.61 Å². The predicted octanol–water partition coefficient (Wildman–Crippen LogP) is 16.8. The Morgan fingerprint density at radius 3 is 0.953 bits per heavy atom. The first-order valence-electron chi connectivity index (χ1n) is 25.0. The Labute approximate surface area is 392 Å². The third-order valence-electron chi connectivity index (χ3n) is 9.82. The van der Waals surface area contributed by atoms with Gasteiger partial charge in [-0.1, -0.05) is 204 Å². The Hall–Kier alpha value is -4.48. The Kier molecular flexibility index (Phi) is 49.2. The van der Waals surface area contributed by atoms with Crippen LogP contribution < -0.4 is 0 Å². The van der Waals surface area contributed by atoms with Crippen LogP contribution in [-0.2, 0) is 19.1 Å². The number of hydrogen-bond donors (Lipinski definition) is 1. The van der Waals surface area contributed by atoms with Crippen molar-refractivity contribution in [3.05, 3.63) is 158 Å². The summed E-state index contributed by atoms with van der Waals surface area (Å²) in [7, 11) is 0. The quantitative estimate of drug-likeness (QED) is 0.0375. The van der Waals surface area contributed by atoms with Crippen molar-refractivity contribution in [1.82, 2.24) is 0 Å². The first-order valence-corrected chi connectivity index (χ1v) is 25.0. The van der Waals surface area contributed by atoms with E-state index in [1.165, 1.54) is 12.8 Å². The maximum absolute atomic E-state index is 12.2. The minimum atomic E-state index is -0.803. The van der Waals surface area contributed by atoms with Crippen molar-refractivity contribution in [3.8, 4) is 0 Å². The smallest absolute Gasteiger partial charge is 0.306 e. The second kappa shape index (κ2) is 52.9. The summed E-state index contributed by atoms with van der Waals surface area (Å²) in [6.07, 6.45) is 82.0. The molecule has 1 unspecified atom stereocenters. The molecule has 356 valence electrons. The SMILES string of the molecule is CC/C=C\C/C=C\C/C=C\C/C=C\C/C=C\C/C=C\C/C=C\C/C=C\C/C=C\C/C=C\CCCCCCCCC(=O)OC(CO)COC(=O)CCCCC/C=C\C/C=C\C/C=C\CC. The minimum absolute atomic E-state index is 0.0978. The van der Waals surface area contributed by atoms with E-state index >= 15 is 0 Å². The number of ether oxygens (including phenoxy) is 2. The highest BCUT2D eigenvalue weighted by atomic mass is 16.6. The molecule has 0 saturated carbocycles. The van der Waals surface area contributed by atoms with Crippen LogP contribution in [-0.4, -0.2) is 36.4 Å². The van der Waals surface area contributed by atoms with Crippen molar-refractivity contribution in [2.24, 2.45) is 0 Å². The monoisotopic (exact) mass is 879 g/mol. The molecule has 0 heterocycles. The van der Waals surface area contributed by atoms with Crippen LogP contribution in [0.4, 0.5) is 0 Å². The average molecular weight is 879 g/mol. The number of esters is 2. The third kappa shape index (κ3) is 50.2. The van der Waals surface area contributed by atoms with Gasteiger partial charge in [0.15, 0.2) is 6.10 Å². The Bertz CT molecular complexity index is 1460. The topological polar surface area (TPSA) is 72.8 Å². The largest absolute Gasteiger partial charge is 0.462 e. The van der Waals surface area contributed by atoms with E-state index in [2.05, 4.69) is 172 Å². The number of allylic oxidation sites excluding steroid dienone is 26. The van der Waals surface area contributed by atoms with E-state index in [1.54, 1.807) is 0 Å². The number of carbonyl (C=O) groups is 2. The Morgan fingerprint density at radius 1 is 0.359 bits per heavy atom. The van der Waals surface area contributed by atoms with Gasteiger partial charge in [-0.15, -0.1) is 0 Å². The third-order valence-corrected chi connectivity index (χ3v) is 9.82. The standard InChI is InChI=1S/C59H90O5/c1-3-5-7-9-11-13-15-17-18-19-20-21-22-23-24-25-26-27-28-29-30-31-32-33-34-35-36-37-38-39-40-42-44-46-48-50-52-54-59(62)64-57(55-60)56-63-58(61)53-51-49-47-45-43-41-16-14-12-10-8-6-4-2/h5-8,11-14,17-18,20-21,23-24,26-27,29-30,32-33,35-36,38-39,41,43,57,60H,3-4,9-10,15-16,19,22,25,28,31,34,37,40,42,44-56H2,1-2H3/b7-5-,8-6-,13-11-,14-12-,18-17-,21-20-,24-23-,27-26-,30-29-,33-32-,36-35-,39-38-,43-41-.